The Hall–Kier alpha value is -7.29. The van der Waals surface area contributed by atoms with Gasteiger partial charge in [-0.1, -0.05) is 176 Å². The summed E-state index contributed by atoms with van der Waals surface area (Å²) >= 11 is 12.5. The Morgan fingerprint density at radius 2 is 0.956 bits per heavy atom. The van der Waals surface area contributed by atoms with Crippen LogP contribution in [0.4, 0.5) is 0 Å². The standard InChI is InChI=1S/C16H20O6S.C16H20O4S.C13H14O4.C7H6O.C5H10O2S.C4H6O2.C2H6.2CH4.S2.H2S/c1-5-22-16(18)12(3)23(19,20)14(11(2)15(17)21-4)13-9-7-6-8-10-13;1-5-20-16(18)12(3)21-14(11(2)15(17)19-4)13-9-7-6-8-10-13;1-9(13(15)16-3)12(17-10(2)14)11-7-5-4-6-8-11;8-6-7-4-2-1-3-5-7;1-3-7-5(6)4(2)8;1-3-4(5)6-2;1-2;;;1-2;/h6-10,12,14H,2,5H2,1,3-4H3;6-10,12,14H,2,5H2,1,3-4H3;4-8,12H,1H2,2-3H3;1-6H;4,8H,3H2,1-2H3;3H,1H2,2H3;1-2H3;2*1H4;;1H2/i;;;;;;1D;;;;. The summed E-state index contributed by atoms with van der Waals surface area (Å²) in [5.74, 6) is -4.23. The minimum atomic E-state index is -4.10. The van der Waals surface area contributed by atoms with Crippen molar-refractivity contribution in [3.8, 4) is 0 Å². The highest BCUT2D eigenvalue weighted by Crippen LogP contribution is 2.39. The van der Waals surface area contributed by atoms with Gasteiger partial charge in [-0.25, -0.2) is 27.6 Å². The van der Waals surface area contributed by atoms with Crippen LogP contribution in [0.3, 0.4) is 0 Å². The van der Waals surface area contributed by atoms with Gasteiger partial charge in [-0.2, -0.15) is 26.1 Å². The lowest BCUT2D eigenvalue weighted by molar-refractivity contribution is -0.148. The van der Waals surface area contributed by atoms with Crippen LogP contribution in [-0.4, -0.2) is 126 Å². The van der Waals surface area contributed by atoms with Crippen LogP contribution in [0.15, 0.2) is 170 Å². The number of aldehydes is 1. The van der Waals surface area contributed by atoms with Crippen LogP contribution in [0.25, 0.3) is 0 Å². The summed E-state index contributed by atoms with van der Waals surface area (Å²) in [5.41, 5.74) is 2.78. The van der Waals surface area contributed by atoms with Crippen molar-refractivity contribution in [2.24, 2.45) is 0 Å². The highest BCUT2D eigenvalue weighted by molar-refractivity contribution is 8.07. The number of methoxy groups -OCH3 is 4. The predicted molar refractivity (Wildman–Crippen MR) is 371 cm³/mol. The average molecular weight is 1370 g/mol. The van der Waals surface area contributed by atoms with Gasteiger partial charge in [0, 0.05) is 47.9 Å². The van der Waals surface area contributed by atoms with Gasteiger partial charge in [0.15, 0.2) is 21.2 Å². The maximum absolute atomic E-state index is 12.8. The molecule has 0 aliphatic carbocycles. The molecular weight excluding hydrogens is 1280 g/mol. The lowest BCUT2D eigenvalue weighted by Crippen LogP contribution is -2.34. The molecular formula is C65H92O19S6. The summed E-state index contributed by atoms with van der Waals surface area (Å²) in [6, 6.07) is 35.5. The molecule has 4 aromatic carbocycles. The molecule has 0 aliphatic rings. The number of thioether (sulfide) groups is 1. The van der Waals surface area contributed by atoms with Crippen LogP contribution in [0.2, 0.25) is 0 Å². The molecule has 0 fully saturated rings. The number of esters is 8. The van der Waals surface area contributed by atoms with Gasteiger partial charge in [0.25, 0.3) is 0 Å². The van der Waals surface area contributed by atoms with Crippen molar-refractivity contribution in [1.29, 1.82) is 0 Å². The van der Waals surface area contributed by atoms with Crippen LogP contribution < -0.4 is 0 Å². The molecule has 0 aliphatic heterocycles. The highest BCUT2D eigenvalue weighted by Gasteiger charge is 2.41. The number of sulfone groups is 1. The van der Waals surface area contributed by atoms with E-state index in [2.05, 4.69) is 80.3 Å². The number of hydrogen-bond donors (Lipinski definition) is 1. The van der Waals surface area contributed by atoms with Crippen molar-refractivity contribution in [2.45, 2.75) is 109 Å². The smallest absolute Gasteiger partial charge is 0.337 e. The predicted octanol–water partition coefficient (Wildman–Crippen LogP) is 12.1. The normalized spacial score (nSPS) is 11.3. The molecule has 0 aromatic heterocycles. The van der Waals surface area contributed by atoms with Crippen molar-refractivity contribution in [1.82, 2.24) is 0 Å². The third-order valence-corrected chi connectivity index (χ3v) is 14.2. The van der Waals surface area contributed by atoms with E-state index in [0.717, 1.165) is 30.6 Å². The van der Waals surface area contributed by atoms with Gasteiger partial charge in [0.05, 0.1) is 69.9 Å². The molecule has 0 bridgehead atoms. The lowest BCUT2D eigenvalue weighted by atomic mass is 10.0. The number of hydrogen-bond acceptors (Lipinski definition) is 23. The van der Waals surface area contributed by atoms with Crippen molar-refractivity contribution in [2.75, 3.05) is 48.3 Å². The molecule has 25 heteroatoms. The van der Waals surface area contributed by atoms with Gasteiger partial charge in [0.2, 0.25) is 0 Å². The summed E-state index contributed by atoms with van der Waals surface area (Å²) in [4.78, 5) is 99.9. The Morgan fingerprint density at radius 3 is 1.28 bits per heavy atom. The van der Waals surface area contributed by atoms with E-state index in [0.29, 0.717) is 36.8 Å². The molecule has 502 valence electrons. The molecule has 6 unspecified atom stereocenters. The maximum Gasteiger partial charge on any atom is 0.337 e. The summed E-state index contributed by atoms with van der Waals surface area (Å²) in [7, 11) is 0.908. The first-order chi connectivity index (χ1) is 41.7. The molecule has 90 heavy (non-hydrogen) atoms. The van der Waals surface area contributed by atoms with Gasteiger partial charge < -0.3 is 37.9 Å². The maximum atomic E-state index is 12.8. The molecule has 19 nitrogen and oxygen atoms in total. The Labute approximate surface area is 561 Å². The highest BCUT2D eigenvalue weighted by atomic mass is 32.8. The van der Waals surface area contributed by atoms with Crippen LogP contribution in [-0.2, 0) is 108 Å². The zero-order valence-electron chi connectivity index (χ0n) is 52.7. The molecule has 0 saturated heterocycles. The average Bonchev–Trinajstić information content (AvgIpc) is 0.812. The van der Waals surface area contributed by atoms with Crippen LogP contribution in [0, 0.1) is 0 Å². The largest absolute Gasteiger partial charge is 0.466 e. The number of benzene rings is 4. The van der Waals surface area contributed by atoms with E-state index < -0.39 is 67.5 Å². The lowest BCUT2D eigenvalue weighted by Gasteiger charge is -2.22. The first-order valence-corrected chi connectivity index (χ1v) is 30.4. The van der Waals surface area contributed by atoms with E-state index >= 15 is 0 Å². The zero-order chi connectivity index (χ0) is 68.4. The molecule has 0 N–H and O–H groups in total. The number of carbonyl (C=O) groups is 9. The third kappa shape index (κ3) is 39.7. The van der Waals surface area contributed by atoms with Gasteiger partial charge in [-0.3, -0.25) is 24.0 Å². The fourth-order valence-corrected chi connectivity index (χ4v) is 9.06. The zero-order valence-corrected chi connectivity index (χ0v) is 56.8. The molecule has 4 rings (SSSR count). The van der Waals surface area contributed by atoms with E-state index in [1.807, 2.05) is 54.6 Å². The second kappa shape index (κ2) is 58.1. The molecule has 4 aromatic rings. The van der Waals surface area contributed by atoms with E-state index in [9.17, 15) is 51.6 Å². The SMILES string of the molecule is C.C.C=C(C(=O)OC)C(OC(C)=O)c1ccccc1.C=C(C(=O)OC)C(SC(C)C(=O)OCC)c1ccccc1.C=C(C(=O)OC)C(c1ccccc1)S(=O)(=O)C(C)C(=O)OCC.C=CC(=O)OC.CCOC(=O)C(C)S.O=Cc1ccccc1.S.S=S.[2H]CC. The first-order valence-electron chi connectivity index (χ1n) is 26.7. The number of ether oxygens (including phenoxy) is 8. The topological polar surface area (TPSA) is 262 Å². The summed E-state index contributed by atoms with van der Waals surface area (Å²) in [6.45, 7) is 28.3. The van der Waals surface area contributed by atoms with Gasteiger partial charge in [-0.15, -0.1) is 11.8 Å². The molecule has 0 heterocycles. The second-order valence-corrected chi connectivity index (χ2v) is 20.8. The Bertz CT molecular complexity index is 2860. The van der Waals surface area contributed by atoms with Crippen LogP contribution >= 0.6 is 37.9 Å². The van der Waals surface area contributed by atoms with E-state index in [1.54, 1.807) is 108 Å². The van der Waals surface area contributed by atoms with E-state index in [-0.39, 0.29) is 68.5 Å². The van der Waals surface area contributed by atoms with Crippen LogP contribution in [0.1, 0.15) is 122 Å². The fraction of sp³-hybridized carbons (Fsp3) is 0.369. The first kappa shape index (κ1) is 93.8. The van der Waals surface area contributed by atoms with Crippen LogP contribution in [0.5, 0.6) is 0 Å². The van der Waals surface area contributed by atoms with E-state index in [1.165, 1.54) is 46.9 Å². The van der Waals surface area contributed by atoms with Crippen molar-refractivity contribution >= 4 is 124 Å². The number of carbonyl (C=O) groups excluding carboxylic acids is 9. The quantitative estimate of drug-likeness (QED) is 0.0252. The summed E-state index contributed by atoms with van der Waals surface area (Å²) in [5, 5.41) is -3.87. The molecule has 0 spiro atoms. The summed E-state index contributed by atoms with van der Waals surface area (Å²) in [6.07, 6.45) is 1.14. The van der Waals surface area contributed by atoms with Crippen molar-refractivity contribution in [3.05, 3.63) is 193 Å². The van der Waals surface area contributed by atoms with Crippen molar-refractivity contribution < 1.29 is 90.8 Å². The second-order valence-electron chi connectivity index (χ2n) is 16.2. The van der Waals surface area contributed by atoms with E-state index in [4.69, 9.17) is 20.3 Å². The number of rotatable bonds is 22. The molecule has 6 atom stereocenters. The molecule has 0 radical (unpaired) electrons. The molecule has 0 amide bonds. The van der Waals surface area contributed by atoms with Gasteiger partial charge >= 0.3 is 47.8 Å². The van der Waals surface area contributed by atoms with Gasteiger partial charge in [-0.05, 0) is 58.2 Å². The Morgan fingerprint density at radius 1 is 0.600 bits per heavy atom. The third-order valence-electron chi connectivity index (χ3n) is 10.2. The Balaban J connectivity index is -0.000000192. The molecule has 0 saturated carbocycles. The minimum absolute atomic E-state index is 0. The minimum Gasteiger partial charge on any atom is -0.466 e. The van der Waals surface area contributed by atoms with Gasteiger partial charge in [0.1, 0.15) is 16.8 Å². The summed E-state index contributed by atoms with van der Waals surface area (Å²) < 4.78 is 69.4. The van der Waals surface area contributed by atoms with Crippen molar-refractivity contribution in [3.63, 3.8) is 0 Å². The fourth-order valence-electron chi connectivity index (χ4n) is 6.05. The monoisotopic (exact) mass is 1370 g/mol. The number of thiol groups is 1. The Kier molecular flexibility index (Phi) is 60.6.